The Morgan fingerprint density at radius 2 is 2.17 bits per heavy atom. The summed E-state index contributed by atoms with van der Waals surface area (Å²) in [6.07, 6.45) is 2.14. The van der Waals surface area contributed by atoms with Crippen LogP contribution in [0, 0.1) is 5.82 Å². The summed E-state index contributed by atoms with van der Waals surface area (Å²) in [5.41, 5.74) is 2.53. The third-order valence-electron chi connectivity index (χ3n) is 3.91. The summed E-state index contributed by atoms with van der Waals surface area (Å²) in [5.74, 6) is -0.137. The highest BCUT2D eigenvalue weighted by Crippen LogP contribution is 2.28. The number of hydrogen-bond acceptors (Lipinski definition) is 2. The van der Waals surface area contributed by atoms with Gasteiger partial charge in [-0.05, 0) is 44.4 Å². The van der Waals surface area contributed by atoms with Gasteiger partial charge in [-0.1, -0.05) is 13.0 Å². The first-order valence-electron chi connectivity index (χ1n) is 6.80. The van der Waals surface area contributed by atoms with Gasteiger partial charge in [0.2, 0.25) is 0 Å². The van der Waals surface area contributed by atoms with E-state index in [-0.39, 0.29) is 11.4 Å². The van der Waals surface area contributed by atoms with Crippen LogP contribution in [0.25, 0.3) is 0 Å². The smallest absolute Gasteiger partial charge is 0.125 e. The van der Waals surface area contributed by atoms with Gasteiger partial charge in [0.05, 0.1) is 0 Å². The number of fused-ring (bicyclic) bond motifs is 1. The summed E-state index contributed by atoms with van der Waals surface area (Å²) < 4.78 is 13.3. The lowest BCUT2D eigenvalue weighted by Crippen LogP contribution is -2.43. The van der Waals surface area contributed by atoms with E-state index in [1.54, 1.807) is 12.1 Å². The van der Waals surface area contributed by atoms with Crippen molar-refractivity contribution < 1.29 is 4.39 Å². The number of halogens is 1. The SMILES string of the molecule is CCC(C)(C)NCCN1CCc2ccc(F)cc21. The number of nitrogens with one attached hydrogen (secondary N) is 1. The van der Waals surface area contributed by atoms with Crippen molar-refractivity contribution in [1.29, 1.82) is 0 Å². The van der Waals surface area contributed by atoms with Crippen LogP contribution in [0.15, 0.2) is 18.2 Å². The molecule has 1 aromatic carbocycles. The summed E-state index contributed by atoms with van der Waals surface area (Å²) in [5, 5.41) is 3.55. The molecule has 0 spiro atoms. The first-order chi connectivity index (χ1) is 8.52. The molecule has 1 heterocycles. The fraction of sp³-hybridized carbons (Fsp3) is 0.600. The van der Waals surface area contributed by atoms with Crippen LogP contribution in [0.3, 0.4) is 0 Å². The van der Waals surface area contributed by atoms with Crippen LogP contribution in [0.1, 0.15) is 32.8 Å². The van der Waals surface area contributed by atoms with Crippen molar-refractivity contribution >= 4 is 5.69 Å². The van der Waals surface area contributed by atoms with E-state index in [2.05, 4.69) is 31.0 Å². The fourth-order valence-electron chi connectivity index (χ4n) is 2.31. The fourth-order valence-corrected chi connectivity index (χ4v) is 2.31. The Kier molecular flexibility index (Phi) is 3.91. The average molecular weight is 250 g/mol. The molecule has 18 heavy (non-hydrogen) atoms. The zero-order valence-corrected chi connectivity index (χ0v) is 11.6. The van der Waals surface area contributed by atoms with Gasteiger partial charge in [-0.2, -0.15) is 0 Å². The molecule has 3 heteroatoms. The van der Waals surface area contributed by atoms with Crippen LogP contribution < -0.4 is 10.2 Å². The molecule has 0 unspecified atom stereocenters. The summed E-state index contributed by atoms with van der Waals surface area (Å²) in [7, 11) is 0. The maximum Gasteiger partial charge on any atom is 0.125 e. The minimum Gasteiger partial charge on any atom is -0.370 e. The van der Waals surface area contributed by atoms with Crippen LogP contribution >= 0.6 is 0 Å². The van der Waals surface area contributed by atoms with Gasteiger partial charge in [0.15, 0.2) is 0 Å². The number of anilines is 1. The maximum atomic E-state index is 13.3. The van der Waals surface area contributed by atoms with Gasteiger partial charge in [0.25, 0.3) is 0 Å². The molecule has 2 rings (SSSR count). The summed E-state index contributed by atoms with van der Waals surface area (Å²) >= 11 is 0. The molecule has 0 amide bonds. The molecule has 0 aliphatic carbocycles. The molecule has 0 aromatic heterocycles. The highest BCUT2D eigenvalue weighted by molar-refractivity contribution is 5.58. The van der Waals surface area contributed by atoms with E-state index in [0.717, 1.165) is 38.2 Å². The highest BCUT2D eigenvalue weighted by Gasteiger charge is 2.20. The molecular formula is C15H23FN2. The van der Waals surface area contributed by atoms with E-state index < -0.39 is 0 Å². The van der Waals surface area contributed by atoms with Crippen molar-refractivity contribution in [2.75, 3.05) is 24.5 Å². The van der Waals surface area contributed by atoms with Gasteiger partial charge in [-0.25, -0.2) is 4.39 Å². The van der Waals surface area contributed by atoms with Crippen molar-refractivity contribution in [3.8, 4) is 0 Å². The Balaban J connectivity index is 1.92. The predicted octanol–water partition coefficient (Wildman–Crippen LogP) is 2.97. The lowest BCUT2D eigenvalue weighted by atomic mass is 10.0. The molecule has 1 N–H and O–H groups in total. The third kappa shape index (κ3) is 3.02. The number of nitrogens with zero attached hydrogens (tertiary/aromatic N) is 1. The van der Waals surface area contributed by atoms with E-state index in [4.69, 9.17) is 0 Å². The van der Waals surface area contributed by atoms with E-state index in [0.29, 0.717) is 0 Å². The summed E-state index contributed by atoms with van der Waals surface area (Å²) in [6, 6.07) is 5.13. The molecular weight excluding hydrogens is 227 g/mol. The van der Waals surface area contributed by atoms with Gasteiger partial charge in [0.1, 0.15) is 5.82 Å². The van der Waals surface area contributed by atoms with Crippen LogP contribution in [-0.4, -0.2) is 25.2 Å². The minimum absolute atomic E-state index is 0.137. The summed E-state index contributed by atoms with van der Waals surface area (Å²) in [6.45, 7) is 9.51. The second-order valence-electron chi connectivity index (χ2n) is 5.67. The molecule has 0 radical (unpaired) electrons. The van der Waals surface area contributed by atoms with Crippen molar-refractivity contribution in [1.82, 2.24) is 5.32 Å². The first-order valence-corrected chi connectivity index (χ1v) is 6.80. The van der Waals surface area contributed by atoms with E-state index in [1.165, 1.54) is 5.56 Å². The molecule has 100 valence electrons. The Hall–Kier alpha value is -1.09. The van der Waals surface area contributed by atoms with Crippen LogP contribution in [0.5, 0.6) is 0 Å². The lowest BCUT2D eigenvalue weighted by molar-refractivity contribution is 0.380. The van der Waals surface area contributed by atoms with Crippen molar-refractivity contribution in [3.05, 3.63) is 29.6 Å². The average Bonchev–Trinajstić information content (AvgIpc) is 2.72. The van der Waals surface area contributed by atoms with Crippen molar-refractivity contribution in [3.63, 3.8) is 0 Å². The predicted molar refractivity (Wildman–Crippen MR) is 74.7 cm³/mol. The normalized spacial score (nSPS) is 15.0. The molecule has 2 nitrogen and oxygen atoms in total. The van der Waals surface area contributed by atoms with Crippen molar-refractivity contribution in [2.45, 2.75) is 39.2 Å². The quantitative estimate of drug-likeness (QED) is 0.864. The third-order valence-corrected chi connectivity index (χ3v) is 3.91. The lowest BCUT2D eigenvalue weighted by Gasteiger charge is -2.27. The Morgan fingerprint density at radius 3 is 2.89 bits per heavy atom. The molecule has 1 aliphatic heterocycles. The Labute approximate surface area is 109 Å². The van der Waals surface area contributed by atoms with Gasteiger partial charge in [-0.3, -0.25) is 0 Å². The van der Waals surface area contributed by atoms with Crippen LogP contribution in [0.2, 0.25) is 0 Å². The number of benzene rings is 1. The van der Waals surface area contributed by atoms with E-state index in [9.17, 15) is 4.39 Å². The Bertz CT molecular complexity index is 415. The zero-order chi connectivity index (χ0) is 13.2. The van der Waals surface area contributed by atoms with Gasteiger partial charge < -0.3 is 10.2 Å². The first kappa shape index (κ1) is 13.3. The molecule has 0 bridgehead atoms. The number of hydrogen-bond donors (Lipinski definition) is 1. The largest absolute Gasteiger partial charge is 0.370 e. The van der Waals surface area contributed by atoms with E-state index in [1.807, 2.05) is 6.07 Å². The molecule has 1 aliphatic rings. The molecule has 0 atom stereocenters. The topological polar surface area (TPSA) is 15.3 Å². The minimum atomic E-state index is -0.137. The second kappa shape index (κ2) is 5.27. The highest BCUT2D eigenvalue weighted by atomic mass is 19.1. The molecule has 0 saturated heterocycles. The molecule has 0 saturated carbocycles. The van der Waals surface area contributed by atoms with Crippen molar-refractivity contribution in [2.24, 2.45) is 0 Å². The number of rotatable bonds is 5. The Morgan fingerprint density at radius 1 is 1.39 bits per heavy atom. The molecule has 1 aromatic rings. The van der Waals surface area contributed by atoms with Gasteiger partial charge in [-0.15, -0.1) is 0 Å². The standard InChI is InChI=1S/C15H23FN2/c1-4-15(2,3)17-8-10-18-9-7-12-5-6-13(16)11-14(12)18/h5-6,11,17H,4,7-10H2,1-3H3. The monoisotopic (exact) mass is 250 g/mol. The van der Waals surface area contributed by atoms with E-state index >= 15 is 0 Å². The maximum absolute atomic E-state index is 13.3. The van der Waals surface area contributed by atoms with Gasteiger partial charge >= 0.3 is 0 Å². The zero-order valence-electron chi connectivity index (χ0n) is 11.6. The second-order valence-corrected chi connectivity index (χ2v) is 5.67. The molecule has 0 fully saturated rings. The van der Waals surface area contributed by atoms with Gasteiger partial charge in [0, 0.05) is 30.9 Å². The van der Waals surface area contributed by atoms with Crippen LogP contribution in [-0.2, 0) is 6.42 Å². The summed E-state index contributed by atoms with van der Waals surface area (Å²) in [4.78, 5) is 2.27. The van der Waals surface area contributed by atoms with Crippen LogP contribution in [0.4, 0.5) is 10.1 Å².